The molecule has 57 heavy (non-hydrogen) atoms. The Morgan fingerprint density at radius 1 is 0.860 bits per heavy atom. The Bertz CT molecular complexity index is 2150. The van der Waals surface area contributed by atoms with E-state index >= 15 is 0 Å². The molecule has 2 aliphatic heterocycles. The highest BCUT2D eigenvalue weighted by Gasteiger charge is 2.39. The average molecular weight is 780 g/mol. The summed E-state index contributed by atoms with van der Waals surface area (Å²) >= 11 is 0. The second kappa shape index (κ2) is 16.8. The largest absolute Gasteiger partial charge is 0.494 e. The van der Waals surface area contributed by atoms with Crippen molar-refractivity contribution in [3.63, 3.8) is 0 Å². The molecule has 14 heteroatoms. The lowest BCUT2D eigenvalue weighted by Gasteiger charge is -2.44. The van der Waals surface area contributed by atoms with Crippen LogP contribution in [0.15, 0.2) is 77.8 Å². The maximum absolute atomic E-state index is 14.7. The molecule has 0 radical (unpaired) electrons. The molecule has 2 atom stereocenters. The summed E-state index contributed by atoms with van der Waals surface area (Å²) in [6, 6.07) is 20.0. The van der Waals surface area contributed by atoms with Gasteiger partial charge in [-0.05, 0) is 78.1 Å². The standard InChI is InChI=1S/C43H53N7O7/c1-28-26-49(42(55)57-43(3,4)5)29(2)25-48(28)41(54)50-35-24-31(40(53)56-8)14-19-34(35)37(39(50)52)38(30-12-10-9-11-13-30)44-32-15-17-33(18-16-32)46(7)36(51)27-47-22-20-45(6)21-23-47/h9-19,24,28-29,52H,20-23,25-27H2,1-8H3/t28-,29-/m0/s1. The molecular formula is C43H53N7O7. The number of piperazine rings is 2. The molecule has 2 aliphatic rings. The smallest absolute Gasteiger partial charge is 0.410 e. The number of anilines is 1. The first-order valence-electron chi connectivity index (χ1n) is 19.2. The molecule has 302 valence electrons. The van der Waals surface area contributed by atoms with Crippen LogP contribution in [0.3, 0.4) is 0 Å². The van der Waals surface area contributed by atoms with E-state index in [4.69, 9.17) is 14.5 Å². The zero-order valence-corrected chi connectivity index (χ0v) is 34.1. The highest BCUT2D eigenvalue weighted by Crippen LogP contribution is 2.37. The van der Waals surface area contributed by atoms with Gasteiger partial charge in [0.05, 0.1) is 41.7 Å². The fourth-order valence-electron chi connectivity index (χ4n) is 7.23. The van der Waals surface area contributed by atoms with Gasteiger partial charge in [0.2, 0.25) is 11.8 Å². The summed E-state index contributed by atoms with van der Waals surface area (Å²) < 4.78 is 11.9. The van der Waals surface area contributed by atoms with Crippen molar-refractivity contribution >= 4 is 52.0 Å². The number of nitrogens with zero attached hydrogens (tertiary/aromatic N) is 7. The number of aromatic hydroxyl groups is 1. The monoisotopic (exact) mass is 779 g/mol. The number of carbonyl (C=O) groups is 4. The lowest BCUT2D eigenvalue weighted by molar-refractivity contribution is -0.119. The van der Waals surface area contributed by atoms with Crippen molar-refractivity contribution in [1.29, 1.82) is 0 Å². The number of aromatic nitrogens is 1. The van der Waals surface area contributed by atoms with Crippen molar-refractivity contribution < 1.29 is 33.8 Å². The number of methoxy groups -OCH3 is 1. The van der Waals surface area contributed by atoms with Gasteiger partial charge in [0, 0.05) is 75.0 Å². The Labute approximate surface area is 333 Å². The Hall–Kier alpha value is -5.73. The molecule has 1 N–H and O–H groups in total. The maximum Gasteiger partial charge on any atom is 0.410 e. The Morgan fingerprint density at radius 3 is 2.12 bits per heavy atom. The number of likely N-dealkylation sites (N-methyl/N-ethyl adjacent to an activating group) is 2. The number of amides is 3. The van der Waals surface area contributed by atoms with E-state index in [1.807, 2.05) is 68.4 Å². The van der Waals surface area contributed by atoms with Crippen LogP contribution in [0.1, 0.15) is 56.1 Å². The third-order valence-electron chi connectivity index (χ3n) is 10.5. The molecule has 14 nitrogen and oxygen atoms in total. The molecule has 0 aliphatic carbocycles. The number of benzene rings is 3. The van der Waals surface area contributed by atoms with Crippen LogP contribution in [0.4, 0.5) is 21.0 Å². The lowest BCUT2D eigenvalue weighted by atomic mass is 10.00. The molecule has 0 spiro atoms. The maximum atomic E-state index is 14.7. The van der Waals surface area contributed by atoms with Crippen LogP contribution in [0.2, 0.25) is 0 Å². The van der Waals surface area contributed by atoms with Gasteiger partial charge < -0.3 is 34.2 Å². The minimum Gasteiger partial charge on any atom is -0.494 e. The molecule has 6 rings (SSSR count). The molecule has 0 bridgehead atoms. The van der Waals surface area contributed by atoms with E-state index in [-0.39, 0.29) is 47.6 Å². The third-order valence-corrected chi connectivity index (χ3v) is 10.5. The first-order chi connectivity index (χ1) is 27.1. The molecular weight excluding hydrogens is 727 g/mol. The second-order valence-electron chi connectivity index (χ2n) is 15.9. The topological polar surface area (TPSA) is 140 Å². The molecule has 2 saturated heterocycles. The first kappa shape index (κ1) is 40.9. The Kier molecular flexibility index (Phi) is 12.0. The van der Waals surface area contributed by atoms with Crippen molar-refractivity contribution in [1.82, 2.24) is 24.2 Å². The van der Waals surface area contributed by atoms with Gasteiger partial charge in [0.15, 0.2) is 0 Å². The fraction of sp³-hybridized carbons (Fsp3) is 0.419. The number of fused-ring (bicyclic) bond motifs is 1. The number of hydrogen-bond acceptors (Lipinski definition) is 10. The van der Waals surface area contributed by atoms with Crippen molar-refractivity contribution in [3.05, 3.63) is 89.5 Å². The van der Waals surface area contributed by atoms with Crippen LogP contribution < -0.4 is 4.90 Å². The highest BCUT2D eigenvalue weighted by molar-refractivity contribution is 6.23. The Morgan fingerprint density at radius 2 is 1.49 bits per heavy atom. The summed E-state index contributed by atoms with van der Waals surface area (Å²) in [5.41, 5.74) is 2.41. The van der Waals surface area contributed by atoms with Crippen LogP contribution >= 0.6 is 0 Å². The van der Waals surface area contributed by atoms with Crippen molar-refractivity contribution in [2.75, 3.05) is 71.9 Å². The quantitative estimate of drug-likeness (QED) is 0.182. The number of carbonyl (C=O) groups excluding carboxylic acids is 4. The molecule has 2 fully saturated rings. The molecule has 3 aromatic carbocycles. The van der Waals surface area contributed by atoms with Gasteiger partial charge in [0.1, 0.15) is 5.60 Å². The average Bonchev–Trinajstić information content (AvgIpc) is 3.47. The fourth-order valence-corrected chi connectivity index (χ4v) is 7.23. The second-order valence-corrected chi connectivity index (χ2v) is 15.9. The minimum atomic E-state index is -0.684. The van der Waals surface area contributed by atoms with Crippen molar-refractivity contribution in [3.8, 4) is 5.88 Å². The molecule has 0 saturated carbocycles. The van der Waals surface area contributed by atoms with Crippen LogP contribution in [-0.4, -0.2) is 144 Å². The van der Waals surface area contributed by atoms with Crippen LogP contribution in [-0.2, 0) is 14.3 Å². The van der Waals surface area contributed by atoms with Gasteiger partial charge in [-0.1, -0.05) is 36.4 Å². The number of esters is 1. The lowest BCUT2D eigenvalue weighted by Crippen LogP contribution is -2.60. The number of hydrogen-bond donors (Lipinski definition) is 1. The summed E-state index contributed by atoms with van der Waals surface area (Å²) in [6.07, 6.45) is -0.464. The van der Waals surface area contributed by atoms with E-state index < -0.39 is 29.7 Å². The minimum absolute atomic E-state index is 0.00975. The van der Waals surface area contributed by atoms with Gasteiger partial charge >= 0.3 is 18.1 Å². The van der Waals surface area contributed by atoms with Gasteiger partial charge in [-0.15, -0.1) is 0 Å². The van der Waals surface area contributed by atoms with E-state index in [0.29, 0.717) is 34.6 Å². The molecule has 1 aromatic heterocycles. The van der Waals surface area contributed by atoms with Gasteiger partial charge in [-0.25, -0.2) is 23.9 Å². The van der Waals surface area contributed by atoms with Crippen molar-refractivity contribution in [2.45, 2.75) is 52.3 Å². The summed E-state index contributed by atoms with van der Waals surface area (Å²) in [5.74, 6) is -0.973. The number of ether oxygens (including phenoxy) is 2. The van der Waals surface area contributed by atoms with E-state index in [9.17, 15) is 24.3 Å². The van der Waals surface area contributed by atoms with Gasteiger partial charge in [-0.2, -0.15) is 0 Å². The normalized spacial score (nSPS) is 18.4. The third kappa shape index (κ3) is 8.97. The summed E-state index contributed by atoms with van der Waals surface area (Å²) in [5, 5.41) is 12.7. The molecule has 4 aromatic rings. The predicted molar refractivity (Wildman–Crippen MR) is 220 cm³/mol. The van der Waals surface area contributed by atoms with Crippen molar-refractivity contribution in [2.24, 2.45) is 4.99 Å². The van der Waals surface area contributed by atoms with Gasteiger partial charge in [-0.3, -0.25) is 9.69 Å². The summed E-state index contributed by atoms with van der Waals surface area (Å²) in [7, 11) is 5.12. The summed E-state index contributed by atoms with van der Waals surface area (Å²) in [6.45, 7) is 13.3. The van der Waals surface area contributed by atoms with E-state index in [1.165, 1.54) is 17.7 Å². The number of rotatable bonds is 7. The van der Waals surface area contributed by atoms with Crippen LogP contribution in [0.25, 0.3) is 10.9 Å². The molecule has 3 heterocycles. The summed E-state index contributed by atoms with van der Waals surface area (Å²) in [4.78, 5) is 68.1. The van der Waals surface area contributed by atoms with Crippen LogP contribution in [0, 0.1) is 0 Å². The van der Waals surface area contributed by atoms with E-state index in [1.54, 1.807) is 54.7 Å². The molecule has 0 unspecified atom stereocenters. The van der Waals surface area contributed by atoms with Gasteiger partial charge in [0.25, 0.3) is 0 Å². The highest BCUT2D eigenvalue weighted by atomic mass is 16.6. The molecule has 3 amide bonds. The number of aliphatic imine (C=N–C) groups is 1. The zero-order valence-electron chi connectivity index (χ0n) is 34.1. The van der Waals surface area contributed by atoms with E-state index in [2.05, 4.69) is 16.8 Å². The predicted octanol–water partition coefficient (Wildman–Crippen LogP) is 5.81. The van der Waals surface area contributed by atoms with Crippen LogP contribution in [0.5, 0.6) is 5.88 Å². The first-order valence-corrected chi connectivity index (χ1v) is 19.2. The zero-order chi connectivity index (χ0) is 41.2. The van der Waals surface area contributed by atoms with E-state index in [0.717, 1.165) is 26.2 Å². The SMILES string of the molecule is COC(=O)c1ccc2c(C(=Nc3ccc(N(C)C(=O)CN4CCN(C)CC4)cc3)c3ccccc3)c(O)n(C(=O)N3C[C@H](C)N(C(=O)OC(C)(C)C)C[C@@H]3C)c2c1. The Balaban J connectivity index is 1.38.